The van der Waals surface area contributed by atoms with Crippen LogP contribution in [-0.2, 0) is 0 Å². The molecule has 0 unspecified atom stereocenters. The fourth-order valence-electron chi connectivity index (χ4n) is 1.88. The van der Waals surface area contributed by atoms with Crippen LogP contribution in [0.25, 0.3) is 0 Å². The molecule has 0 fully saturated rings. The second-order valence-electron chi connectivity index (χ2n) is 3.98. The van der Waals surface area contributed by atoms with Gasteiger partial charge in [0, 0.05) is 38.4 Å². The van der Waals surface area contributed by atoms with Gasteiger partial charge in [-0.05, 0) is 0 Å². The van der Waals surface area contributed by atoms with E-state index in [0.29, 0.717) is 0 Å². The number of hydrogen-bond donors (Lipinski definition) is 1. The Kier molecular flexibility index (Phi) is 3.34. The van der Waals surface area contributed by atoms with Crippen molar-refractivity contribution in [1.82, 2.24) is 5.01 Å². The van der Waals surface area contributed by atoms with Crippen LogP contribution in [0.4, 0.5) is 11.4 Å². The van der Waals surface area contributed by atoms with Crippen molar-refractivity contribution < 1.29 is 5.01 Å². The van der Waals surface area contributed by atoms with Gasteiger partial charge in [-0.15, -0.1) is 0 Å². The zero-order valence-electron chi connectivity index (χ0n) is 9.72. The van der Waals surface area contributed by atoms with Crippen LogP contribution >= 0.6 is 0 Å². The molecule has 16 heavy (non-hydrogen) atoms. The van der Waals surface area contributed by atoms with Crippen molar-refractivity contribution >= 4 is 11.4 Å². The summed E-state index contributed by atoms with van der Waals surface area (Å²) >= 11 is 0. The second-order valence-corrected chi connectivity index (χ2v) is 3.98. The van der Waals surface area contributed by atoms with Crippen LogP contribution in [0.5, 0.6) is 0 Å². The number of nitrogens with one attached hydrogen (secondary N) is 1. The molecule has 0 saturated carbocycles. The van der Waals surface area contributed by atoms with Gasteiger partial charge in [-0.2, -0.15) is 10.0 Å². The van der Waals surface area contributed by atoms with Crippen LogP contribution < -0.4 is 5.01 Å². The molecule has 2 nitrogen and oxygen atoms in total. The molecule has 0 spiro atoms. The Morgan fingerprint density at radius 2 is 1.06 bits per heavy atom. The highest BCUT2D eigenvalue weighted by molar-refractivity contribution is 5.36. The van der Waals surface area contributed by atoms with Crippen LogP contribution in [0.1, 0.15) is 0 Å². The van der Waals surface area contributed by atoms with Crippen molar-refractivity contribution in [3.8, 4) is 0 Å². The van der Waals surface area contributed by atoms with Crippen molar-refractivity contribution in [1.29, 1.82) is 0 Å². The summed E-state index contributed by atoms with van der Waals surface area (Å²) in [7, 11) is 4.16. The van der Waals surface area contributed by atoms with Gasteiger partial charge in [-0.3, -0.25) is 0 Å². The molecule has 0 bridgehead atoms. The molecule has 0 heterocycles. The maximum absolute atomic E-state index is 2.16. The highest BCUT2D eigenvalue weighted by Crippen LogP contribution is 2.07. The molecule has 0 aliphatic heterocycles. The topological polar surface area (TPSA) is 7.68 Å². The van der Waals surface area contributed by atoms with Crippen molar-refractivity contribution in [3.05, 3.63) is 60.7 Å². The Bertz CT molecular complexity index is 384. The van der Waals surface area contributed by atoms with Gasteiger partial charge in [0.1, 0.15) is 0 Å². The van der Waals surface area contributed by atoms with Gasteiger partial charge in [-0.25, -0.2) is 0 Å². The third-order valence-electron chi connectivity index (χ3n) is 2.54. The fraction of sp³-hybridized carbons (Fsp3) is 0.143. The minimum absolute atomic E-state index is 1.25. The Morgan fingerprint density at radius 3 is 1.38 bits per heavy atom. The van der Waals surface area contributed by atoms with E-state index in [-0.39, 0.29) is 0 Å². The molecule has 82 valence electrons. The Morgan fingerprint density at radius 1 is 0.688 bits per heavy atom. The van der Waals surface area contributed by atoms with Crippen molar-refractivity contribution in [2.75, 3.05) is 14.1 Å². The van der Waals surface area contributed by atoms with E-state index in [9.17, 15) is 0 Å². The molecular weight excluding hydrogens is 196 g/mol. The third kappa shape index (κ3) is 2.30. The van der Waals surface area contributed by atoms with Crippen LogP contribution in [0.2, 0.25) is 0 Å². The van der Waals surface area contributed by atoms with Gasteiger partial charge in [0.05, 0.1) is 0 Å². The van der Waals surface area contributed by atoms with E-state index in [1.54, 1.807) is 0 Å². The summed E-state index contributed by atoms with van der Waals surface area (Å²) in [6.07, 6.45) is 0. The van der Waals surface area contributed by atoms with E-state index in [0.717, 1.165) is 0 Å². The zero-order chi connectivity index (χ0) is 11.4. The highest BCUT2D eigenvalue weighted by Gasteiger charge is 2.17. The highest BCUT2D eigenvalue weighted by atomic mass is 15.6. The first-order chi connectivity index (χ1) is 7.79. The molecule has 0 amide bonds. The summed E-state index contributed by atoms with van der Waals surface area (Å²) in [5.41, 5.74) is 2.50. The number of nitrogens with zero attached hydrogens (tertiary/aromatic N) is 1. The first-order valence-electron chi connectivity index (χ1n) is 5.44. The zero-order valence-corrected chi connectivity index (χ0v) is 9.72. The van der Waals surface area contributed by atoms with E-state index in [1.807, 2.05) is 12.1 Å². The lowest BCUT2D eigenvalue weighted by Crippen LogP contribution is -3.08. The maximum atomic E-state index is 2.16. The van der Waals surface area contributed by atoms with Gasteiger partial charge in [0.15, 0.2) is 11.4 Å². The van der Waals surface area contributed by atoms with E-state index in [2.05, 4.69) is 67.6 Å². The number of hydrogen-bond acceptors (Lipinski definition) is 1. The van der Waals surface area contributed by atoms with E-state index in [1.165, 1.54) is 16.4 Å². The molecule has 2 rings (SSSR count). The average molecular weight is 213 g/mol. The molecular formula is C14H17N2+. The van der Waals surface area contributed by atoms with Gasteiger partial charge in [-0.1, -0.05) is 36.4 Å². The predicted molar refractivity (Wildman–Crippen MR) is 66.9 cm³/mol. The summed E-state index contributed by atoms with van der Waals surface area (Å²) in [5.74, 6) is 0. The molecule has 0 atom stereocenters. The van der Waals surface area contributed by atoms with E-state index < -0.39 is 0 Å². The quantitative estimate of drug-likeness (QED) is 0.766. The maximum Gasteiger partial charge on any atom is 0.155 e. The van der Waals surface area contributed by atoms with Gasteiger partial charge < -0.3 is 0 Å². The standard InChI is InChI=1S/C14H16N2/c1-15(2)16(13-9-5-3-6-10-13)14-11-7-4-8-12-14/h3-12H,1-2H3/p+1. The van der Waals surface area contributed by atoms with Crippen molar-refractivity contribution in [2.24, 2.45) is 0 Å². The minimum Gasteiger partial charge on any atom is -0.191 e. The molecule has 2 aromatic rings. The van der Waals surface area contributed by atoms with Crippen molar-refractivity contribution in [2.45, 2.75) is 0 Å². The van der Waals surface area contributed by atoms with Crippen LogP contribution in [-0.4, -0.2) is 19.1 Å². The van der Waals surface area contributed by atoms with Crippen LogP contribution in [0.3, 0.4) is 0 Å². The second kappa shape index (κ2) is 4.92. The number of para-hydroxylation sites is 2. The smallest absolute Gasteiger partial charge is 0.155 e. The largest absolute Gasteiger partial charge is 0.191 e. The molecule has 0 aliphatic carbocycles. The van der Waals surface area contributed by atoms with Crippen molar-refractivity contribution in [3.63, 3.8) is 0 Å². The van der Waals surface area contributed by atoms with Gasteiger partial charge >= 0.3 is 0 Å². The lowest BCUT2D eigenvalue weighted by atomic mass is 10.2. The van der Waals surface area contributed by atoms with Crippen LogP contribution in [0, 0.1) is 0 Å². The summed E-state index contributed by atoms with van der Waals surface area (Å²) in [6, 6.07) is 20.9. The lowest BCUT2D eigenvalue weighted by Gasteiger charge is -2.23. The number of benzene rings is 2. The first-order valence-corrected chi connectivity index (χ1v) is 5.44. The predicted octanol–water partition coefficient (Wildman–Crippen LogP) is 2.01. The molecule has 0 aliphatic rings. The van der Waals surface area contributed by atoms with Gasteiger partial charge in [0.25, 0.3) is 0 Å². The monoisotopic (exact) mass is 213 g/mol. The fourth-order valence-corrected chi connectivity index (χ4v) is 1.88. The molecule has 0 saturated heterocycles. The summed E-state index contributed by atoms with van der Waals surface area (Å²) in [6.45, 7) is 0. The Balaban J connectivity index is 2.40. The lowest BCUT2D eigenvalue weighted by molar-refractivity contribution is -0.890. The van der Waals surface area contributed by atoms with E-state index >= 15 is 0 Å². The third-order valence-corrected chi connectivity index (χ3v) is 2.54. The Hall–Kier alpha value is -1.64. The molecule has 0 aromatic heterocycles. The molecule has 0 radical (unpaired) electrons. The average Bonchev–Trinajstić information content (AvgIpc) is 2.31. The van der Waals surface area contributed by atoms with Gasteiger partial charge in [0.2, 0.25) is 0 Å². The number of rotatable bonds is 3. The Labute approximate surface area is 96.7 Å². The normalized spacial score (nSPS) is 11.0. The molecule has 2 aromatic carbocycles. The first kappa shape index (κ1) is 10.9. The number of quaternary nitrogens is 1. The summed E-state index contributed by atoms with van der Waals surface area (Å²) < 4.78 is 0. The minimum atomic E-state index is 1.25. The summed E-state index contributed by atoms with van der Waals surface area (Å²) in [4.78, 5) is 0. The molecule has 2 heteroatoms. The molecule has 1 N–H and O–H groups in total. The van der Waals surface area contributed by atoms with E-state index in [4.69, 9.17) is 0 Å². The van der Waals surface area contributed by atoms with Crippen LogP contribution in [0.15, 0.2) is 60.7 Å². The summed E-state index contributed by atoms with van der Waals surface area (Å²) in [5, 5.41) is 3.41. The SMILES string of the molecule is CN(C)[NH+](c1ccccc1)c1ccccc1.